The van der Waals surface area contributed by atoms with E-state index in [9.17, 15) is 0 Å². The fourth-order valence-corrected chi connectivity index (χ4v) is 3.06. The van der Waals surface area contributed by atoms with Crippen molar-refractivity contribution in [1.82, 2.24) is 10.2 Å². The van der Waals surface area contributed by atoms with Gasteiger partial charge in [-0.1, -0.05) is 28.1 Å². The number of rotatable bonds is 5. The normalized spacial score (nSPS) is 17.3. The van der Waals surface area contributed by atoms with Gasteiger partial charge in [-0.2, -0.15) is 0 Å². The van der Waals surface area contributed by atoms with Gasteiger partial charge >= 0.3 is 0 Å². The fraction of sp³-hybridized carbons (Fsp3) is 0.600. The van der Waals surface area contributed by atoms with E-state index in [0.717, 1.165) is 18.9 Å². The second-order valence-electron chi connectivity index (χ2n) is 5.34. The molecular formula is C15H23BrN2. The zero-order valence-electron chi connectivity index (χ0n) is 11.2. The Labute approximate surface area is 119 Å². The summed E-state index contributed by atoms with van der Waals surface area (Å²) in [4.78, 5) is 2.48. The lowest BCUT2D eigenvalue weighted by Gasteiger charge is -2.27. The Hall–Kier alpha value is -0.380. The molecule has 1 aromatic rings. The summed E-state index contributed by atoms with van der Waals surface area (Å²) in [5.74, 6) is 0.888. The minimum absolute atomic E-state index is 0.888. The third kappa shape index (κ3) is 4.71. The molecule has 100 valence electrons. The molecule has 0 aromatic heterocycles. The van der Waals surface area contributed by atoms with Crippen molar-refractivity contribution in [2.45, 2.75) is 19.3 Å². The van der Waals surface area contributed by atoms with Gasteiger partial charge in [0.05, 0.1) is 0 Å². The Kier molecular flexibility index (Phi) is 5.67. The summed E-state index contributed by atoms with van der Waals surface area (Å²) in [6, 6.07) is 8.63. The average molecular weight is 311 g/mol. The topological polar surface area (TPSA) is 15.3 Å². The fourth-order valence-electron chi connectivity index (χ4n) is 2.61. The molecule has 2 nitrogen and oxygen atoms in total. The smallest absolute Gasteiger partial charge is 0.0178 e. The van der Waals surface area contributed by atoms with Crippen LogP contribution < -0.4 is 5.32 Å². The van der Waals surface area contributed by atoms with Gasteiger partial charge in [-0.15, -0.1) is 0 Å². The van der Waals surface area contributed by atoms with Gasteiger partial charge in [-0.25, -0.2) is 0 Å². The van der Waals surface area contributed by atoms with Crippen LogP contribution in [0, 0.1) is 5.92 Å². The van der Waals surface area contributed by atoms with Crippen LogP contribution in [0.25, 0.3) is 0 Å². The standard InChI is InChI=1S/C15H23BrN2/c1-18(12-14-5-8-17-9-6-14)10-7-13-3-2-4-15(16)11-13/h2-4,11,14,17H,5-10,12H2,1H3. The van der Waals surface area contributed by atoms with E-state index in [1.807, 2.05) is 0 Å². The Morgan fingerprint density at radius 1 is 1.33 bits per heavy atom. The summed E-state index contributed by atoms with van der Waals surface area (Å²) in [7, 11) is 2.25. The van der Waals surface area contributed by atoms with Gasteiger partial charge in [0.15, 0.2) is 0 Å². The molecule has 18 heavy (non-hydrogen) atoms. The molecule has 0 aliphatic carbocycles. The SMILES string of the molecule is CN(CCc1cccc(Br)c1)CC1CCNCC1. The zero-order valence-corrected chi connectivity index (χ0v) is 12.7. The molecule has 3 heteroatoms. The van der Waals surface area contributed by atoms with Crippen molar-refractivity contribution in [2.24, 2.45) is 5.92 Å². The number of nitrogens with one attached hydrogen (secondary N) is 1. The maximum absolute atomic E-state index is 3.53. The van der Waals surface area contributed by atoms with Crippen molar-refractivity contribution in [3.8, 4) is 0 Å². The van der Waals surface area contributed by atoms with E-state index in [1.54, 1.807) is 0 Å². The number of likely N-dealkylation sites (N-methyl/N-ethyl adjacent to an activating group) is 1. The van der Waals surface area contributed by atoms with Crippen LogP contribution in [-0.4, -0.2) is 38.1 Å². The van der Waals surface area contributed by atoms with Crippen molar-refractivity contribution in [2.75, 3.05) is 33.2 Å². The highest BCUT2D eigenvalue weighted by Gasteiger charge is 2.14. The molecule has 0 atom stereocenters. The molecule has 1 fully saturated rings. The number of hydrogen-bond acceptors (Lipinski definition) is 2. The molecule has 0 spiro atoms. The van der Waals surface area contributed by atoms with Crippen molar-refractivity contribution < 1.29 is 0 Å². The third-order valence-corrected chi connectivity index (χ3v) is 4.19. The third-order valence-electron chi connectivity index (χ3n) is 3.70. The highest BCUT2D eigenvalue weighted by atomic mass is 79.9. The molecule has 1 heterocycles. The summed E-state index contributed by atoms with van der Waals surface area (Å²) < 4.78 is 1.18. The Morgan fingerprint density at radius 3 is 2.83 bits per heavy atom. The van der Waals surface area contributed by atoms with Gasteiger partial charge in [0.25, 0.3) is 0 Å². The van der Waals surface area contributed by atoms with Gasteiger partial charge in [0, 0.05) is 17.6 Å². The number of nitrogens with zero attached hydrogens (tertiary/aromatic N) is 1. The summed E-state index contributed by atoms with van der Waals surface area (Å²) in [5.41, 5.74) is 1.42. The largest absolute Gasteiger partial charge is 0.317 e. The van der Waals surface area contributed by atoms with E-state index in [0.29, 0.717) is 0 Å². The summed E-state index contributed by atoms with van der Waals surface area (Å²) in [5, 5.41) is 3.43. The first-order chi connectivity index (χ1) is 8.74. The van der Waals surface area contributed by atoms with E-state index in [2.05, 4.69) is 57.5 Å². The molecule has 0 radical (unpaired) electrons. The molecule has 1 aliphatic heterocycles. The van der Waals surface area contributed by atoms with Crippen molar-refractivity contribution >= 4 is 15.9 Å². The monoisotopic (exact) mass is 310 g/mol. The molecule has 0 unspecified atom stereocenters. The van der Waals surface area contributed by atoms with Crippen LogP contribution in [0.4, 0.5) is 0 Å². The van der Waals surface area contributed by atoms with Crippen LogP contribution in [0.3, 0.4) is 0 Å². The second kappa shape index (κ2) is 7.27. The van der Waals surface area contributed by atoms with E-state index in [-0.39, 0.29) is 0 Å². The lowest BCUT2D eigenvalue weighted by atomic mass is 9.97. The van der Waals surface area contributed by atoms with Crippen LogP contribution in [0.1, 0.15) is 18.4 Å². The van der Waals surface area contributed by atoms with E-state index in [4.69, 9.17) is 0 Å². The zero-order chi connectivity index (χ0) is 12.8. The van der Waals surface area contributed by atoms with E-state index in [1.165, 1.54) is 42.5 Å². The Balaban J connectivity index is 1.72. The van der Waals surface area contributed by atoms with Crippen molar-refractivity contribution in [1.29, 1.82) is 0 Å². The molecule has 0 amide bonds. The van der Waals surface area contributed by atoms with Gasteiger partial charge < -0.3 is 10.2 Å². The van der Waals surface area contributed by atoms with E-state index >= 15 is 0 Å². The van der Waals surface area contributed by atoms with Crippen LogP contribution in [-0.2, 0) is 6.42 Å². The van der Waals surface area contributed by atoms with Crippen molar-refractivity contribution in [3.63, 3.8) is 0 Å². The maximum Gasteiger partial charge on any atom is 0.0178 e. The predicted molar refractivity (Wildman–Crippen MR) is 80.9 cm³/mol. The molecule has 1 aliphatic rings. The van der Waals surface area contributed by atoms with Gasteiger partial charge in [-0.05, 0) is 63.0 Å². The summed E-state index contributed by atoms with van der Waals surface area (Å²) in [6.45, 7) is 4.80. The number of benzene rings is 1. The molecular weight excluding hydrogens is 288 g/mol. The number of piperidine rings is 1. The summed E-state index contributed by atoms with van der Waals surface area (Å²) >= 11 is 3.53. The van der Waals surface area contributed by atoms with Gasteiger partial charge in [-0.3, -0.25) is 0 Å². The number of hydrogen-bond donors (Lipinski definition) is 1. The molecule has 1 N–H and O–H groups in total. The van der Waals surface area contributed by atoms with Gasteiger partial charge in [0.1, 0.15) is 0 Å². The lowest BCUT2D eigenvalue weighted by Crippen LogP contribution is -2.35. The minimum atomic E-state index is 0.888. The van der Waals surface area contributed by atoms with Crippen LogP contribution in [0.15, 0.2) is 28.7 Å². The Bertz CT molecular complexity index is 361. The van der Waals surface area contributed by atoms with Crippen molar-refractivity contribution in [3.05, 3.63) is 34.3 Å². The van der Waals surface area contributed by atoms with Crippen LogP contribution in [0.5, 0.6) is 0 Å². The van der Waals surface area contributed by atoms with Crippen LogP contribution in [0.2, 0.25) is 0 Å². The molecule has 0 saturated carbocycles. The highest BCUT2D eigenvalue weighted by molar-refractivity contribution is 9.10. The van der Waals surface area contributed by atoms with Crippen LogP contribution >= 0.6 is 15.9 Å². The summed E-state index contributed by atoms with van der Waals surface area (Å²) in [6.07, 6.45) is 3.81. The van der Waals surface area contributed by atoms with E-state index < -0.39 is 0 Å². The molecule has 1 saturated heterocycles. The second-order valence-corrected chi connectivity index (χ2v) is 6.25. The highest BCUT2D eigenvalue weighted by Crippen LogP contribution is 2.14. The first-order valence-electron chi connectivity index (χ1n) is 6.88. The predicted octanol–water partition coefficient (Wildman–Crippen LogP) is 2.92. The molecule has 2 rings (SSSR count). The minimum Gasteiger partial charge on any atom is -0.317 e. The molecule has 1 aromatic carbocycles. The first-order valence-corrected chi connectivity index (χ1v) is 7.67. The molecule has 0 bridgehead atoms. The lowest BCUT2D eigenvalue weighted by molar-refractivity contribution is 0.242. The maximum atomic E-state index is 3.53. The number of halogens is 1. The quantitative estimate of drug-likeness (QED) is 0.899. The van der Waals surface area contributed by atoms with Gasteiger partial charge in [0.2, 0.25) is 0 Å². The Morgan fingerprint density at radius 2 is 2.11 bits per heavy atom. The first kappa shape index (κ1) is 14.0. The average Bonchev–Trinajstić information content (AvgIpc) is 2.38.